The SMILES string of the molecule is Cc1csc(CC(CN)Cc2ccccc2)n1. The first kappa shape index (κ1) is 12.3. The lowest BCUT2D eigenvalue weighted by Crippen LogP contribution is -2.19. The Balaban J connectivity index is 1.98. The van der Waals surface area contributed by atoms with Crippen LogP contribution in [-0.4, -0.2) is 11.5 Å². The van der Waals surface area contributed by atoms with Gasteiger partial charge in [-0.15, -0.1) is 11.3 Å². The summed E-state index contributed by atoms with van der Waals surface area (Å²) in [7, 11) is 0. The van der Waals surface area contributed by atoms with E-state index in [2.05, 4.69) is 34.6 Å². The molecule has 1 unspecified atom stereocenters. The molecule has 3 heteroatoms. The van der Waals surface area contributed by atoms with Gasteiger partial charge in [-0.25, -0.2) is 4.98 Å². The van der Waals surface area contributed by atoms with E-state index < -0.39 is 0 Å². The fraction of sp³-hybridized carbons (Fsp3) is 0.357. The Kier molecular flexibility index (Phi) is 4.29. The molecule has 2 nitrogen and oxygen atoms in total. The number of nitrogens with two attached hydrogens (primary N) is 1. The maximum atomic E-state index is 5.85. The number of hydrogen-bond donors (Lipinski definition) is 1. The quantitative estimate of drug-likeness (QED) is 0.881. The van der Waals surface area contributed by atoms with Crippen molar-refractivity contribution in [2.45, 2.75) is 19.8 Å². The molecule has 1 atom stereocenters. The lowest BCUT2D eigenvalue weighted by atomic mass is 9.97. The van der Waals surface area contributed by atoms with Crippen molar-refractivity contribution in [3.8, 4) is 0 Å². The van der Waals surface area contributed by atoms with Crippen molar-refractivity contribution in [1.82, 2.24) is 4.98 Å². The zero-order valence-electron chi connectivity index (χ0n) is 10.1. The van der Waals surface area contributed by atoms with E-state index in [-0.39, 0.29) is 0 Å². The van der Waals surface area contributed by atoms with Crippen LogP contribution in [0, 0.1) is 12.8 Å². The first-order valence-electron chi connectivity index (χ1n) is 5.93. The molecule has 0 radical (unpaired) electrons. The number of aryl methyl sites for hydroxylation is 1. The lowest BCUT2D eigenvalue weighted by molar-refractivity contribution is 0.532. The van der Waals surface area contributed by atoms with Gasteiger partial charge in [-0.2, -0.15) is 0 Å². The zero-order valence-corrected chi connectivity index (χ0v) is 10.9. The molecule has 1 heterocycles. The molecule has 0 spiro atoms. The summed E-state index contributed by atoms with van der Waals surface area (Å²) in [6.07, 6.45) is 2.03. The first-order valence-corrected chi connectivity index (χ1v) is 6.81. The lowest BCUT2D eigenvalue weighted by Gasteiger charge is -2.13. The Hall–Kier alpha value is -1.19. The highest BCUT2D eigenvalue weighted by Crippen LogP contribution is 2.17. The second-order valence-electron chi connectivity index (χ2n) is 4.38. The van der Waals surface area contributed by atoms with E-state index in [9.17, 15) is 0 Å². The molecular weight excluding hydrogens is 228 g/mol. The molecule has 90 valence electrons. The molecule has 0 saturated heterocycles. The van der Waals surface area contributed by atoms with E-state index in [1.807, 2.05) is 13.0 Å². The van der Waals surface area contributed by atoms with Gasteiger partial charge in [-0.05, 0) is 31.4 Å². The van der Waals surface area contributed by atoms with E-state index in [1.165, 1.54) is 10.6 Å². The second-order valence-corrected chi connectivity index (χ2v) is 5.32. The summed E-state index contributed by atoms with van der Waals surface area (Å²) in [5.41, 5.74) is 8.32. The van der Waals surface area contributed by atoms with Crippen molar-refractivity contribution in [2.75, 3.05) is 6.54 Å². The van der Waals surface area contributed by atoms with Gasteiger partial charge in [0, 0.05) is 17.5 Å². The smallest absolute Gasteiger partial charge is 0.0931 e. The van der Waals surface area contributed by atoms with E-state index >= 15 is 0 Å². The topological polar surface area (TPSA) is 38.9 Å². The van der Waals surface area contributed by atoms with Crippen molar-refractivity contribution in [1.29, 1.82) is 0 Å². The van der Waals surface area contributed by atoms with Crippen LogP contribution in [-0.2, 0) is 12.8 Å². The van der Waals surface area contributed by atoms with Crippen LogP contribution in [0.3, 0.4) is 0 Å². The fourth-order valence-electron chi connectivity index (χ4n) is 1.93. The molecule has 1 aromatic heterocycles. The first-order chi connectivity index (χ1) is 8.28. The summed E-state index contributed by atoms with van der Waals surface area (Å²) in [5.74, 6) is 0.489. The van der Waals surface area contributed by atoms with Gasteiger partial charge in [0.1, 0.15) is 0 Å². The maximum absolute atomic E-state index is 5.85. The number of aromatic nitrogens is 1. The van der Waals surface area contributed by atoms with Crippen LogP contribution in [0.25, 0.3) is 0 Å². The highest BCUT2D eigenvalue weighted by atomic mass is 32.1. The van der Waals surface area contributed by atoms with Gasteiger partial charge >= 0.3 is 0 Å². The van der Waals surface area contributed by atoms with Crippen LogP contribution in [0.1, 0.15) is 16.3 Å². The summed E-state index contributed by atoms with van der Waals surface area (Å²) in [6.45, 7) is 2.75. The average molecular weight is 246 g/mol. The van der Waals surface area contributed by atoms with Gasteiger partial charge in [0.2, 0.25) is 0 Å². The molecule has 2 N–H and O–H groups in total. The maximum Gasteiger partial charge on any atom is 0.0931 e. The molecule has 0 aliphatic heterocycles. The largest absolute Gasteiger partial charge is 0.330 e. The average Bonchev–Trinajstić information content (AvgIpc) is 2.75. The fourth-order valence-corrected chi connectivity index (χ4v) is 2.82. The number of nitrogens with zero attached hydrogens (tertiary/aromatic N) is 1. The Labute approximate surface area is 107 Å². The predicted octanol–water partition coefficient (Wildman–Crippen LogP) is 2.81. The summed E-state index contributed by atoms with van der Waals surface area (Å²) in [5, 5.41) is 3.31. The van der Waals surface area contributed by atoms with Gasteiger partial charge in [0.25, 0.3) is 0 Å². The van der Waals surface area contributed by atoms with E-state index in [0.717, 1.165) is 18.5 Å². The van der Waals surface area contributed by atoms with E-state index in [1.54, 1.807) is 11.3 Å². The Morgan fingerprint density at radius 3 is 2.59 bits per heavy atom. The Morgan fingerprint density at radius 1 is 1.24 bits per heavy atom. The van der Waals surface area contributed by atoms with Crippen LogP contribution in [0.15, 0.2) is 35.7 Å². The molecule has 0 aliphatic rings. The van der Waals surface area contributed by atoms with Crippen molar-refractivity contribution >= 4 is 11.3 Å². The monoisotopic (exact) mass is 246 g/mol. The van der Waals surface area contributed by atoms with Crippen LogP contribution in [0.4, 0.5) is 0 Å². The van der Waals surface area contributed by atoms with Crippen molar-refractivity contribution in [2.24, 2.45) is 11.7 Å². The van der Waals surface area contributed by atoms with Crippen molar-refractivity contribution in [3.05, 3.63) is 52.0 Å². The normalized spacial score (nSPS) is 12.6. The third kappa shape index (κ3) is 3.65. The molecule has 17 heavy (non-hydrogen) atoms. The van der Waals surface area contributed by atoms with Gasteiger partial charge in [-0.3, -0.25) is 0 Å². The molecule has 2 rings (SSSR count). The van der Waals surface area contributed by atoms with Crippen molar-refractivity contribution < 1.29 is 0 Å². The van der Waals surface area contributed by atoms with Crippen LogP contribution < -0.4 is 5.73 Å². The predicted molar refractivity (Wildman–Crippen MR) is 73.2 cm³/mol. The van der Waals surface area contributed by atoms with Crippen LogP contribution in [0.5, 0.6) is 0 Å². The highest BCUT2D eigenvalue weighted by molar-refractivity contribution is 7.09. The second kappa shape index (κ2) is 5.94. The summed E-state index contributed by atoms with van der Waals surface area (Å²) < 4.78 is 0. The van der Waals surface area contributed by atoms with Gasteiger partial charge in [-0.1, -0.05) is 30.3 Å². The van der Waals surface area contributed by atoms with Gasteiger partial charge in [0.05, 0.1) is 5.01 Å². The van der Waals surface area contributed by atoms with Crippen LogP contribution >= 0.6 is 11.3 Å². The van der Waals surface area contributed by atoms with Gasteiger partial charge in [0.15, 0.2) is 0 Å². The zero-order chi connectivity index (χ0) is 12.1. The highest BCUT2D eigenvalue weighted by Gasteiger charge is 2.11. The minimum atomic E-state index is 0.489. The minimum Gasteiger partial charge on any atom is -0.330 e. The molecule has 0 bridgehead atoms. The van der Waals surface area contributed by atoms with Crippen LogP contribution in [0.2, 0.25) is 0 Å². The number of hydrogen-bond acceptors (Lipinski definition) is 3. The third-order valence-corrected chi connectivity index (χ3v) is 3.82. The molecule has 2 aromatic rings. The summed E-state index contributed by atoms with van der Waals surface area (Å²) >= 11 is 1.74. The summed E-state index contributed by atoms with van der Waals surface area (Å²) in [4.78, 5) is 4.50. The number of benzene rings is 1. The molecular formula is C14H18N2S. The number of thiazole rings is 1. The molecule has 0 aliphatic carbocycles. The molecule has 0 amide bonds. The van der Waals surface area contributed by atoms with E-state index in [0.29, 0.717) is 12.5 Å². The van der Waals surface area contributed by atoms with E-state index in [4.69, 9.17) is 5.73 Å². The third-order valence-electron chi connectivity index (χ3n) is 2.83. The summed E-state index contributed by atoms with van der Waals surface area (Å²) in [6, 6.07) is 10.5. The van der Waals surface area contributed by atoms with Gasteiger partial charge < -0.3 is 5.73 Å². The van der Waals surface area contributed by atoms with Crippen molar-refractivity contribution in [3.63, 3.8) is 0 Å². The Morgan fingerprint density at radius 2 is 2.00 bits per heavy atom. The minimum absolute atomic E-state index is 0.489. The molecule has 0 fully saturated rings. The molecule has 1 aromatic carbocycles. The number of rotatable bonds is 5. The molecule has 0 saturated carbocycles. The standard InChI is InChI=1S/C14H18N2S/c1-11-10-17-14(16-11)8-13(9-15)7-12-5-3-2-4-6-12/h2-6,10,13H,7-9,15H2,1H3. The Bertz CT molecular complexity index is 450.